The maximum atomic E-state index is 11.9. The molecule has 5 nitrogen and oxygen atoms in total. The topological polar surface area (TPSA) is 67.4 Å². The summed E-state index contributed by atoms with van der Waals surface area (Å²) < 4.78 is 5.63. The number of carbonyl (C=O) groups is 2. The standard InChI is InChI=1S/C16H21ClN2O3/c1-10-9-13(17)5-6-14(10)22-11(2)15(20)18-7-8-19-16(21)12-3-4-12/h5-6,9,11-12H,3-4,7-8H2,1-2H3,(H,18,20)(H,19,21). The Kier molecular flexibility index (Phi) is 5.66. The molecule has 0 spiro atoms. The zero-order valence-electron chi connectivity index (χ0n) is 12.8. The minimum atomic E-state index is -0.612. The molecule has 0 aliphatic heterocycles. The van der Waals surface area contributed by atoms with Crippen LogP contribution in [0.4, 0.5) is 0 Å². The zero-order valence-corrected chi connectivity index (χ0v) is 13.6. The van der Waals surface area contributed by atoms with E-state index >= 15 is 0 Å². The summed E-state index contributed by atoms with van der Waals surface area (Å²) in [5.41, 5.74) is 0.879. The zero-order chi connectivity index (χ0) is 16.1. The van der Waals surface area contributed by atoms with Gasteiger partial charge < -0.3 is 15.4 Å². The molecule has 6 heteroatoms. The van der Waals surface area contributed by atoms with Gasteiger partial charge in [0.25, 0.3) is 5.91 Å². The van der Waals surface area contributed by atoms with Gasteiger partial charge in [-0.15, -0.1) is 0 Å². The van der Waals surface area contributed by atoms with Gasteiger partial charge in [-0.1, -0.05) is 11.6 Å². The Balaban J connectivity index is 1.70. The molecule has 0 heterocycles. The van der Waals surface area contributed by atoms with Crippen LogP contribution >= 0.6 is 11.6 Å². The molecule has 22 heavy (non-hydrogen) atoms. The first-order chi connectivity index (χ1) is 10.5. The second-order valence-corrected chi connectivity index (χ2v) is 5.96. The molecule has 1 aromatic rings. The molecule has 2 N–H and O–H groups in total. The average Bonchev–Trinajstić information content (AvgIpc) is 3.30. The van der Waals surface area contributed by atoms with Gasteiger partial charge in [-0.2, -0.15) is 0 Å². The van der Waals surface area contributed by atoms with Gasteiger partial charge in [-0.05, 0) is 50.5 Å². The van der Waals surface area contributed by atoms with Crippen LogP contribution in [-0.4, -0.2) is 31.0 Å². The smallest absolute Gasteiger partial charge is 0.260 e. The summed E-state index contributed by atoms with van der Waals surface area (Å²) in [5.74, 6) is 0.685. The Bertz CT molecular complexity index is 558. The third kappa shape index (κ3) is 4.91. The van der Waals surface area contributed by atoms with E-state index in [9.17, 15) is 9.59 Å². The number of hydrogen-bond donors (Lipinski definition) is 2. The lowest BCUT2D eigenvalue weighted by molar-refractivity contribution is -0.127. The van der Waals surface area contributed by atoms with Crippen molar-refractivity contribution in [3.05, 3.63) is 28.8 Å². The summed E-state index contributed by atoms with van der Waals surface area (Å²) in [6, 6.07) is 5.26. The lowest BCUT2D eigenvalue weighted by Gasteiger charge is -2.16. The number of carbonyl (C=O) groups excluding carboxylic acids is 2. The molecule has 1 aliphatic carbocycles. The van der Waals surface area contributed by atoms with E-state index in [2.05, 4.69) is 10.6 Å². The molecule has 1 unspecified atom stereocenters. The van der Waals surface area contributed by atoms with Crippen molar-refractivity contribution in [1.29, 1.82) is 0 Å². The van der Waals surface area contributed by atoms with Crippen LogP contribution in [-0.2, 0) is 9.59 Å². The van der Waals surface area contributed by atoms with E-state index in [0.717, 1.165) is 18.4 Å². The fourth-order valence-corrected chi connectivity index (χ4v) is 2.22. The van der Waals surface area contributed by atoms with Crippen LogP contribution in [0.2, 0.25) is 5.02 Å². The van der Waals surface area contributed by atoms with E-state index in [1.807, 2.05) is 6.92 Å². The second kappa shape index (κ2) is 7.49. The molecular weight excluding hydrogens is 304 g/mol. The third-order valence-corrected chi connectivity index (χ3v) is 3.72. The number of aryl methyl sites for hydroxylation is 1. The maximum absolute atomic E-state index is 11.9. The highest BCUT2D eigenvalue weighted by Crippen LogP contribution is 2.28. The highest BCUT2D eigenvalue weighted by Gasteiger charge is 2.29. The monoisotopic (exact) mass is 324 g/mol. The fraction of sp³-hybridized carbons (Fsp3) is 0.500. The first kappa shape index (κ1) is 16.6. The Labute approximate surface area is 135 Å². The van der Waals surface area contributed by atoms with Crippen LogP contribution in [0, 0.1) is 12.8 Å². The minimum absolute atomic E-state index is 0.0790. The van der Waals surface area contributed by atoms with Crippen molar-refractivity contribution in [1.82, 2.24) is 10.6 Å². The number of ether oxygens (including phenoxy) is 1. The third-order valence-electron chi connectivity index (χ3n) is 3.48. The Morgan fingerprint density at radius 3 is 2.64 bits per heavy atom. The summed E-state index contributed by atoms with van der Waals surface area (Å²) in [5, 5.41) is 6.17. The average molecular weight is 325 g/mol. The number of benzene rings is 1. The van der Waals surface area contributed by atoms with Gasteiger partial charge in [-0.25, -0.2) is 0 Å². The van der Waals surface area contributed by atoms with Gasteiger partial charge in [0.1, 0.15) is 5.75 Å². The van der Waals surface area contributed by atoms with Crippen molar-refractivity contribution >= 4 is 23.4 Å². The lowest BCUT2D eigenvalue weighted by Crippen LogP contribution is -2.41. The van der Waals surface area contributed by atoms with E-state index in [4.69, 9.17) is 16.3 Å². The van der Waals surface area contributed by atoms with Gasteiger partial charge in [-0.3, -0.25) is 9.59 Å². The number of rotatable bonds is 7. The molecule has 0 aromatic heterocycles. The number of halogens is 1. The normalized spacial score (nSPS) is 15.0. The molecule has 0 bridgehead atoms. The molecule has 0 saturated heterocycles. The predicted molar refractivity (Wildman–Crippen MR) is 85.0 cm³/mol. The number of amides is 2. The number of hydrogen-bond acceptors (Lipinski definition) is 3. The maximum Gasteiger partial charge on any atom is 0.260 e. The van der Waals surface area contributed by atoms with Crippen molar-refractivity contribution < 1.29 is 14.3 Å². The lowest BCUT2D eigenvalue weighted by atomic mass is 10.2. The molecule has 1 saturated carbocycles. The first-order valence-corrected chi connectivity index (χ1v) is 7.83. The van der Waals surface area contributed by atoms with Crippen LogP contribution in [0.15, 0.2) is 18.2 Å². The van der Waals surface area contributed by atoms with Crippen LogP contribution in [0.25, 0.3) is 0 Å². The molecule has 2 amide bonds. The van der Waals surface area contributed by atoms with Crippen LogP contribution in [0.3, 0.4) is 0 Å². The van der Waals surface area contributed by atoms with E-state index in [-0.39, 0.29) is 17.7 Å². The molecular formula is C16H21ClN2O3. The fourth-order valence-electron chi connectivity index (χ4n) is 1.99. The van der Waals surface area contributed by atoms with Gasteiger partial charge in [0.2, 0.25) is 5.91 Å². The molecule has 0 radical (unpaired) electrons. The molecule has 1 aromatic carbocycles. The van der Waals surface area contributed by atoms with Crippen LogP contribution in [0.1, 0.15) is 25.3 Å². The van der Waals surface area contributed by atoms with Gasteiger partial charge >= 0.3 is 0 Å². The van der Waals surface area contributed by atoms with Crippen LogP contribution in [0.5, 0.6) is 5.75 Å². The van der Waals surface area contributed by atoms with Crippen molar-refractivity contribution in [3.63, 3.8) is 0 Å². The number of nitrogens with one attached hydrogen (secondary N) is 2. The quantitative estimate of drug-likeness (QED) is 0.754. The summed E-state index contributed by atoms with van der Waals surface area (Å²) in [6.45, 7) is 4.39. The highest BCUT2D eigenvalue weighted by molar-refractivity contribution is 6.30. The van der Waals surface area contributed by atoms with E-state index in [1.54, 1.807) is 25.1 Å². The van der Waals surface area contributed by atoms with E-state index in [1.165, 1.54) is 0 Å². The first-order valence-electron chi connectivity index (χ1n) is 7.45. The van der Waals surface area contributed by atoms with Crippen molar-refractivity contribution in [3.8, 4) is 5.75 Å². The van der Waals surface area contributed by atoms with Crippen molar-refractivity contribution in [2.45, 2.75) is 32.8 Å². The molecule has 1 aliphatic rings. The predicted octanol–water partition coefficient (Wildman–Crippen LogP) is 2.06. The Morgan fingerprint density at radius 2 is 2.00 bits per heavy atom. The molecule has 1 atom stereocenters. The summed E-state index contributed by atoms with van der Waals surface area (Å²) in [7, 11) is 0. The summed E-state index contributed by atoms with van der Waals surface area (Å²) in [4.78, 5) is 23.4. The van der Waals surface area contributed by atoms with Crippen molar-refractivity contribution in [2.24, 2.45) is 5.92 Å². The van der Waals surface area contributed by atoms with Crippen LogP contribution < -0.4 is 15.4 Å². The molecule has 120 valence electrons. The largest absolute Gasteiger partial charge is 0.481 e. The second-order valence-electron chi connectivity index (χ2n) is 5.53. The summed E-state index contributed by atoms with van der Waals surface area (Å²) in [6.07, 6.45) is 1.34. The summed E-state index contributed by atoms with van der Waals surface area (Å²) >= 11 is 5.88. The van der Waals surface area contributed by atoms with Gasteiger partial charge in [0, 0.05) is 24.0 Å². The van der Waals surface area contributed by atoms with E-state index < -0.39 is 6.10 Å². The minimum Gasteiger partial charge on any atom is -0.481 e. The SMILES string of the molecule is Cc1cc(Cl)ccc1OC(C)C(=O)NCCNC(=O)C1CC1. The van der Waals surface area contributed by atoms with Gasteiger partial charge in [0.05, 0.1) is 0 Å². The molecule has 2 rings (SSSR count). The van der Waals surface area contributed by atoms with Gasteiger partial charge in [0.15, 0.2) is 6.10 Å². The molecule has 1 fully saturated rings. The Morgan fingerprint density at radius 1 is 1.32 bits per heavy atom. The van der Waals surface area contributed by atoms with Crippen molar-refractivity contribution in [2.75, 3.05) is 13.1 Å². The highest BCUT2D eigenvalue weighted by atomic mass is 35.5. The van der Waals surface area contributed by atoms with E-state index in [0.29, 0.717) is 23.9 Å². The Hall–Kier alpha value is -1.75.